The van der Waals surface area contributed by atoms with Gasteiger partial charge in [-0.1, -0.05) is 12.1 Å². The van der Waals surface area contributed by atoms with Crippen LogP contribution in [0.5, 0.6) is 5.75 Å². The molecule has 0 spiro atoms. The Kier molecular flexibility index (Phi) is 4.83. The first-order valence-electron chi connectivity index (χ1n) is 9.16. The number of rotatable bonds is 5. The zero-order valence-electron chi connectivity index (χ0n) is 14.0. The lowest BCUT2D eigenvalue weighted by Gasteiger charge is -2.46. The van der Waals surface area contributed by atoms with Gasteiger partial charge >= 0.3 is 0 Å². The Labute approximate surface area is 139 Å². The van der Waals surface area contributed by atoms with Crippen LogP contribution in [0.3, 0.4) is 0 Å². The monoisotopic (exact) mass is 316 g/mol. The summed E-state index contributed by atoms with van der Waals surface area (Å²) in [6.07, 6.45) is 5.53. The second-order valence-electron chi connectivity index (χ2n) is 7.16. The highest BCUT2D eigenvalue weighted by atomic mass is 16.5. The number of nitrogens with zero attached hydrogens (tertiary/aromatic N) is 2. The largest absolute Gasteiger partial charge is 0.490 e. The van der Waals surface area contributed by atoms with Crippen LogP contribution in [0.2, 0.25) is 0 Å². The van der Waals surface area contributed by atoms with E-state index in [-0.39, 0.29) is 0 Å². The van der Waals surface area contributed by atoms with Gasteiger partial charge in [0, 0.05) is 38.8 Å². The molecular formula is C19H28N2O2. The smallest absolute Gasteiger partial charge is 0.119 e. The van der Waals surface area contributed by atoms with E-state index in [1.165, 1.54) is 44.3 Å². The first-order chi connectivity index (χ1) is 11.4. The molecule has 4 nitrogen and oxygen atoms in total. The molecule has 3 aliphatic rings. The molecule has 1 aliphatic carbocycles. The predicted octanol–water partition coefficient (Wildman–Crippen LogP) is 2.52. The molecule has 4 rings (SSSR count). The summed E-state index contributed by atoms with van der Waals surface area (Å²) in [4.78, 5) is 5.12. The van der Waals surface area contributed by atoms with Crippen molar-refractivity contribution in [2.75, 3.05) is 39.4 Å². The first-order valence-corrected chi connectivity index (χ1v) is 9.16. The van der Waals surface area contributed by atoms with Crippen molar-refractivity contribution in [1.82, 2.24) is 9.80 Å². The Balaban J connectivity index is 1.22. The zero-order chi connectivity index (χ0) is 15.5. The predicted molar refractivity (Wildman–Crippen MR) is 90.8 cm³/mol. The molecule has 0 atom stereocenters. The number of morpholine rings is 1. The fourth-order valence-electron chi connectivity index (χ4n) is 3.98. The molecule has 0 aromatic heterocycles. The Hall–Kier alpha value is -1.10. The normalized spacial score (nSPS) is 24.7. The van der Waals surface area contributed by atoms with Crippen molar-refractivity contribution in [3.05, 3.63) is 29.8 Å². The number of ether oxygens (including phenoxy) is 2. The van der Waals surface area contributed by atoms with Crippen LogP contribution in [-0.2, 0) is 11.3 Å². The van der Waals surface area contributed by atoms with E-state index in [4.69, 9.17) is 9.47 Å². The summed E-state index contributed by atoms with van der Waals surface area (Å²) in [5.74, 6) is 1.04. The maximum absolute atomic E-state index is 6.04. The molecule has 3 fully saturated rings. The third-order valence-corrected chi connectivity index (χ3v) is 5.43. The van der Waals surface area contributed by atoms with Gasteiger partial charge in [0.25, 0.3) is 0 Å². The van der Waals surface area contributed by atoms with Crippen molar-refractivity contribution in [3.8, 4) is 5.75 Å². The minimum atomic E-state index is 0.450. The molecule has 1 aromatic rings. The topological polar surface area (TPSA) is 24.9 Å². The highest BCUT2D eigenvalue weighted by molar-refractivity contribution is 5.27. The van der Waals surface area contributed by atoms with Gasteiger partial charge in [-0.2, -0.15) is 0 Å². The van der Waals surface area contributed by atoms with Crippen LogP contribution < -0.4 is 4.74 Å². The van der Waals surface area contributed by atoms with Gasteiger partial charge in [0.2, 0.25) is 0 Å². The van der Waals surface area contributed by atoms with E-state index in [0.717, 1.165) is 44.6 Å². The van der Waals surface area contributed by atoms with Gasteiger partial charge in [-0.15, -0.1) is 0 Å². The molecule has 126 valence electrons. The van der Waals surface area contributed by atoms with E-state index in [1.807, 2.05) is 0 Å². The molecule has 0 radical (unpaired) electrons. The van der Waals surface area contributed by atoms with E-state index in [9.17, 15) is 0 Å². The van der Waals surface area contributed by atoms with Crippen LogP contribution in [0.25, 0.3) is 0 Å². The molecule has 0 N–H and O–H groups in total. The third kappa shape index (κ3) is 3.87. The molecule has 2 aliphatic heterocycles. The third-order valence-electron chi connectivity index (χ3n) is 5.43. The van der Waals surface area contributed by atoms with Gasteiger partial charge in [0.05, 0.1) is 19.3 Å². The summed E-state index contributed by atoms with van der Waals surface area (Å²) >= 11 is 0. The number of likely N-dealkylation sites (tertiary alicyclic amines) is 1. The number of benzene rings is 1. The van der Waals surface area contributed by atoms with Gasteiger partial charge in [-0.3, -0.25) is 9.80 Å². The molecule has 1 aromatic carbocycles. The second kappa shape index (κ2) is 7.20. The van der Waals surface area contributed by atoms with Crippen LogP contribution in [0.15, 0.2) is 24.3 Å². The molecule has 4 heteroatoms. The van der Waals surface area contributed by atoms with Crippen LogP contribution in [0, 0.1) is 0 Å². The molecule has 0 bridgehead atoms. The SMILES string of the molecule is c1cc(OC2CCCC2)ccc1CN1CC(N2CCOCC2)C1. The van der Waals surface area contributed by atoms with E-state index < -0.39 is 0 Å². The van der Waals surface area contributed by atoms with Gasteiger partial charge in [-0.05, 0) is 43.4 Å². The van der Waals surface area contributed by atoms with Crippen LogP contribution >= 0.6 is 0 Å². The Morgan fingerprint density at radius 1 is 1.00 bits per heavy atom. The van der Waals surface area contributed by atoms with Gasteiger partial charge in [0.15, 0.2) is 0 Å². The molecule has 2 saturated heterocycles. The quantitative estimate of drug-likeness (QED) is 0.833. The molecule has 0 unspecified atom stereocenters. The van der Waals surface area contributed by atoms with Gasteiger partial charge < -0.3 is 9.47 Å². The summed E-state index contributed by atoms with van der Waals surface area (Å²) in [6.45, 7) is 7.46. The highest BCUT2D eigenvalue weighted by Gasteiger charge is 2.32. The molecule has 2 heterocycles. The second-order valence-corrected chi connectivity index (χ2v) is 7.16. The maximum Gasteiger partial charge on any atom is 0.119 e. The summed E-state index contributed by atoms with van der Waals surface area (Å²) < 4.78 is 11.5. The van der Waals surface area contributed by atoms with Crippen molar-refractivity contribution in [1.29, 1.82) is 0 Å². The van der Waals surface area contributed by atoms with E-state index in [0.29, 0.717) is 6.10 Å². The highest BCUT2D eigenvalue weighted by Crippen LogP contribution is 2.25. The zero-order valence-corrected chi connectivity index (χ0v) is 14.0. The van der Waals surface area contributed by atoms with E-state index >= 15 is 0 Å². The molecule has 23 heavy (non-hydrogen) atoms. The maximum atomic E-state index is 6.04. The fraction of sp³-hybridized carbons (Fsp3) is 0.684. The summed E-state index contributed by atoms with van der Waals surface area (Å²) in [6, 6.07) is 9.49. The average Bonchev–Trinajstić information content (AvgIpc) is 3.06. The van der Waals surface area contributed by atoms with Crippen LogP contribution in [0.1, 0.15) is 31.2 Å². The number of hydrogen-bond donors (Lipinski definition) is 0. The minimum Gasteiger partial charge on any atom is -0.490 e. The van der Waals surface area contributed by atoms with E-state index in [1.54, 1.807) is 0 Å². The Morgan fingerprint density at radius 3 is 2.39 bits per heavy atom. The Morgan fingerprint density at radius 2 is 1.70 bits per heavy atom. The van der Waals surface area contributed by atoms with Crippen molar-refractivity contribution in [2.24, 2.45) is 0 Å². The van der Waals surface area contributed by atoms with Crippen molar-refractivity contribution >= 4 is 0 Å². The van der Waals surface area contributed by atoms with Crippen LogP contribution in [-0.4, -0.2) is 61.3 Å². The van der Waals surface area contributed by atoms with Crippen LogP contribution in [0.4, 0.5) is 0 Å². The first kappa shape index (κ1) is 15.4. The van der Waals surface area contributed by atoms with Crippen molar-refractivity contribution in [3.63, 3.8) is 0 Å². The average molecular weight is 316 g/mol. The van der Waals surface area contributed by atoms with Gasteiger partial charge in [0.1, 0.15) is 5.75 Å². The standard InChI is InChI=1S/C19H28N2O2/c1-2-4-18(3-1)23-19-7-5-16(6-8-19)13-20-14-17(15-20)21-9-11-22-12-10-21/h5-8,17-18H,1-4,9-15H2. The lowest BCUT2D eigenvalue weighted by Crippen LogP contribution is -2.60. The fourth-order valence-corrected chi connectivity index (χ4v) is 3.98. The lowest BCUT2D eigenvalue weighted by molar-refractivity contribution is -0.0344. The summed E-state index contributed by atoms with van der Waals surface area (Å²) in [5, 5.41) is 0. The van der Waals surface area contributed by atoms with Crippen molar-refractivity contribution < 1.29 is 9.47 Å². The minimum absolute atomic E-state index is 0.450. The molecule has 1 saturated carbocycles. The van der Waals surface area contributed by atoms with E-state index in [2.05, 4.69) is 34.1 Å². The number of hydrogen-bond acceptors (Lipinski definition) is 4. The summed E-state index contributed by atoms with van der Waals surface area (Å²) in [7, 11) is 0. The van der Waals surface area contributed by atoms with Gasteiger partial charge in [-0.25, -0.2) is 0 Å². The molecular weight excluding hydrogens is 288 g/mol. The summed E-state index contributed by atoms with van der Waals surface area (Å²) in [5.41, 5.74) is 1.39. The molecule has 0 amide bonds. The Bertz CT molecular complexity index is 487. The lowest BCUT2D eigenvalue weighted by atomic mass is 10.0. The van der Waals surface area contributed by atoms with Crippen molar-refractivity contribution in [2.45, 2.75) is 44.4 Å².